The highest BCUT2D eigenvalue weighted by atomic mass is 32.1. The normalized spacial score (nSPS) is 11.7. The Balaban J connectivity index is 1.93. The van der Waals surface area contributed by atoms with Gasteiger partial charge in [0, 0.05) is 22.2 Å². The Morgan fingerprint density at radius 2 is 2.05 bits per heavy atom. The molecule has 3 heterocycles. The van der Waals surface area contributed by atoms with Gasteiger partial charge in [-0.3, -0.25) is 4.40 Å². The zero-order valence-electron chi connectivity index (χ0n) is 10.7. The van der Waals surface area contributed by atoms with E-state index in [1.165, 1.54) is 10.6 Å². The summed E-state index contributed by atoms with van der Waals surface area (Å²) in [7, 11) is 0. The lowest BCUT2D eigenvalue weighted by Gasteiger charge is -1.90. The fraction of sp³-hybridized carbons (Fsp3) is 0.133. The summed E-state index contributed by atoms with van der Waals surface area (Å²) < 4.78 is 7.98. The molecule has 0 atom stereocenters. The fourth-order valence-corrected chi connectivity index (χ4v) is 3.23. The van der Waals surface area contributed by atoms with Crippen LogP contribution in [0.4, 0.5) is 0 Å². The molecule has 4 rings (SSSR count). The second-order valence-corrected chi connectivity index (χ2v) is 5.85. The average molecular weight is 268 g/mol. The van der Waals surface area contributed by atoms with Crippen molar-refractivity contribution in [2.75, 3.05) is 0 Å². The molecule has 4 aromatic rings. The first kappa shape index (κ1) is 10.8. The maximum Gasteiger partial charge on any atom is 0.194 e. The third-order valence-electron chi connectivity index (χ3n) is 3.47. The summed E-state index contributed by atoms with van der Waals surface area (Å²) in [5, 5.41) is 1.11. The maximum atomic E-state index is 5.85. The molecule has 0 saturated carbocycles. The van der Waals surface area contributed by atoms with E-state index in [9.17, 15) is 0 Å². The summed E-state index contributed by atoms with van der Waals surface area (Å²) >= 11 is 1.71. The van der Waals surface area contributed by atoms with Gasteiger partial charge in [0.2, 0.25) is 0 Å². The molecule has 0 spiro atoms. The first-order chi connectivity index (χ1) is 9.22. The van der Waals surface area contributed by atoms with Crippen LogP contribution in [0, 0.1) is 13.8 Å². The maximum absolute atomic E-state index is 5.85. The smallest absolute Gasteiger partial charge is 0.194 e. The molecule has 1 aromatic carbocycles. The van der Waals surface area contributed by atoms with Crippen molar-refractivity contribution in [3.8, 4) is 11.5 Å². The minimum Gasteiger partial charge on any atom is -0.454 e. The van der Waals surface area contributed by atoms with Gasteiger partial charge in [-0.1, -0.05) is 18.2 Å². The zero-order valence-corrected chi connectivity index (χ0v) is 11.5. The predicted octanol–water partition coefficient (Wildman–Crippen LogP) is 4.43. The molecule has 4 heteroatoms. The number of hydrogen-bond acceptors (Lipinski definition) is 3. The van der Waals surface area contributed by atoms with Crippen molar-refractivity contribution in [1.29, 1.82) is 0 Å². The van der Waals surface area contributed by atoms with Crippen LogP contribution in [0.25, 0.3) is 27.4 Å². The van der Waals surface area contributed by atoms with Crippen LogP contribution in [0.5, 0.6) is 0 Å². The number of thiazole rings is 1. The van der Waals surface area contributed by atoms with Gasteiger partial charge in [0.05, 0.1) is 0 Å². The fourth-order valence-electron chi connectivity index (χ4n) is 2.28. The van der Waals surface area contributed by atoms with E-state index in [2.05, 4.69) is 29.3 Å². The number of nitrogens with zero attached hydrogens (tertiary/aromatic N) is 2. The Bertz CT molecular complexity index is 864. The molecular formula is C15H12N2OS. The number of furan rings is 1. The third kappa shape index (κ3) is 1.53. The first-order valence-electron chi connectivity index (χ1n) is 6.16. The van der Waals surface area contributed by atoms with Gasteiger partial charge in [0.15, 0.2) is 10.7 Å². The molecule has 19 heavy (non-hydrogen) atoms. The topological polar surface area (TPSA) is 30.4 Å². The largest absolute Gasteiger partial charge is 0.454 e. The van der Waals surface area contributed by atoms with Gasteiger partial charge in [-0.05, 0) is 26.0 Å². The molecule has 3 nitrogen and oxygen atoms in total. The highest BCUT2D eigenvalue weighted by Crippen LogP contribution is 2.30. The second-order valence-electron chi connectivity index (χ2n) is 4.67. The molecule has 94 valence electrons. The minimum atomic E-state index is 0.828. The SMILES string of the molecule is Cc1sc2nc(-c3cc4ccccc4o3)cn2c1C. The minimum absolute atomic E-state index is 0.828. The van der Waals surface area contributed by atoms with Crippen molar-refractivity contribution in [3.63, 3.8) is 0 Å². The van der Waals surface area contributed by atoms with Crippen LogP contribution in [0.3, 0.4) is 0 Å². The quantitative estimate of drug-likeness (QED) is 0.511. The van der Waals surface area contributed by atoms with E-state index < -0.39 is 0 Å². The Morgan fingerprint density at radius 3 is 2.84 bits per heavy atom. The van der Waals surface area contributed by atoms with Crippen LogP contribution in [0.2, 0.25) is 0 Å². The van der Waals surface area contributed by atoms with Gasteiger partial charge >= 0.3 is 0 Å². The van der Waals surface area contributed by atoms with E-state index in [4.69, 9.17) is 4.42 Å². The summed E-state index contributed by atoms with van der Waals surface area (Å²) in [6.07, 6.45) is 2.05. The molecule has 0 N–H and O–H groups in total. The van der Waals surface area contributed by atoms with Crippen LogP contribution in [0.15, 0.2) is 40.9 Å². The number of fused-ring (bicyclic) bond motifs is 2. The number of imidazole rings is 1. The van der Waals surface area contributed by atoms with Crippen LogP contribution in [0.1, 0.15) is 10.6 Å². The molecule has 0 unspecified atom stereocenters. The summed E-state index contributed by atoms with van der Waals surface area (Å²) in [5.74, 6) is 0.828. The van der Waals surface area contributed by atoms with E-state index in [1.54, 1.807) is 11.3 Å². The van der Waals surface area contributed by atoms with Crippen molar-refractivity contribution in [2.45, 2.75) is 13.8 Å². The molecule has 0 aliphatic carbocycles. The lowest BCUT2D eigenvalue weighted by molar-refractivity contribution is 0.629. The molecule has 0 saturated heterocycles. The van der Waals surface area contributed by atoms with E-state index in [0.717, 1.165) is 27.4 Å². The van der Waals surface area contributed by atoms with Gasteiger partial charge < -0.3 is 4.42 Å². The number of rotatable bonds is 1. The lowest BCUT2D eigenvalue weighted by Crippen LogP contribution is -1.81. The van der Waals surface area contributed by atoms with E-state index >= 15 is 0 Å². The summed E-state index contributed by atoms with van der Waals surface area (Å²) in [6, 6.07) is 10.1. The molecule has 0 aliphatic rings. The molecule has 0 fully saturated rings. The number of hydrogen-bond donors (Lipinski definition) is 0. The Morgan fingerprint density at radius 1 is 1.21 bits per heavy atom. The molecule has 3 aromatic heterocycles. The van der Waals surface area contributed by atoms with Gasteiger partial charge in [0.25, 0.3) is 0 Å². The van der Waals surface area contributed by atoms with Gasteiger partial charge in [-0.2, -0.15) is 0 Å². The molecule has 0 aliphatic heterocycles. The zero-order chi connectivity index (χ0) is 13.0. The van der Waals surface area contributed by atoms with Gasteiger partial charge in [0.1, 0.15) is 11.3 Å². The van der Waals surface area contributed by atoms with Crippen molar-refractivity contribution >= 4 is 27.3 Å². The van der Waals surface area contributed by atoms with Crippen LogP contribution in [-0.2, 0) is 0 Å². The number of aryl methyl sites for hydroxylation is 2. The van der Waals surface area contributed by atoms with Crippen LogP contribution in [-0.4, -0.2) is 9.38 Å². The van der Waals surface area contributed by atoms with E-state index in [1.807, 2.05) is 30.5 Å². The average Bonchev–Trinajstić information content (AvgIpc) is 3.05. The molecule has 0 radical (unpaired) electrons. The van der Waals surface area contributed by atoms with Gasteiger partial charge in [-0.25, -0.2) is 4.98 Å². The highest BCUT2D eigenvalue weighted by Gasteiger charge is 2.13. The Kier molecular flexibility index (Phi) is 2.11. The highest BCUT2D eigenvalue weighted by molar-refractivity contribution is 7.17. The van der Waals surface area contributed by atoms with Crippen LogP contribution >= 0.6 is 11.3 Å². The van der Waals surface area contributed by atoms with Gasteiger partial charge in [-0.15, -0.1) is 11.3 Å². The van der Waals surface area contributed by atoms with Crippen LogP contribution < -0.4 is 0 Å². The monoisotopic (exact) mass is 268 g/mol. The third-order valence-corrected chi connectivity index (χ3v) is 4.54. The summed E-state index contributed by atoms with van der Waals surface area (Å²) in [4.78, 5) is 6.97. The summed E-state index contributed by atoms with van der Waals surface area (Å²) in [5.41, 5.74) is 3.04. The first-order valence-corrected chi connectivity index (χ1v) is 6.98. The Labute approximate surface area is 114 Å². The van der Waals surface area contributed by atoms with Crippen molar-refractivity contribution in [1.82, 2.24) is 9.38 Å². The van der Waals surface area contributed by atoms with Crippen molar-refractivity contribution in [2.24, 2.45) is 0 Å². The van der Waals surface area contributed by atoms with Crippen molar-refractivity contribution in [3.05, 3.63) is 47.1 Å². The molecule has 0 amide bonds. The molecular weight excluding hydrogens is 256 g/mol. The van der Waals surface area contributed by atoms with E-state index in [0.29, 0.717) is 0 Å². The number of benzene rings is 1. The number of para-hydroxylation sites is 1. The van der Waals surface area contributed by atoms with E-state index in [-0.39, 0.29) is 0 Å². The van der Waals surface area contributed by atoms with Crippen molar-refractivity contribution < 1.29 is 4.42 Å². The standard InChI is InChI=1S/C15H12N2OS/c1-9-10(2)19-15-16-12(8-17(9)15)14-7-11-5-3-4-6-13(11)18-14/h3-8H,1-2H3. The summed E-state index contributed by atoms with van der Waals surface area (Å²) in [6.45, 7) is 4.23. The predicted molar refractivity (Wildman–Crippen MR) is 77.8 cm³/mol. The number of aromatic nitrogens is 2. The molecule has 0 bridgehead atoms. The lowest BCUT2D eigenvalue weighted by atomic mass is 10.2. The Hall–Kier alpha value is -2.07. The second kappa shape index (κ2) is 3.71.